The third kappa shape index (κ3) is 5.25. The molecular weight excluding hydrogens is 338 g/mol. The number of aromatic nitrogens is 3. The van der Waals surface area contributed by atoms with Gasteiger partial charge in [-0.05, 0) is 43.3 Å². The number of rotatable bonds is 7. The third-order valence-electron chi connectivity index (χ3n) is 4.02. The number of methoxy groups -OCH3 is 1. The average molecular weight is 361 g/mol. The van der Waals surface area contributed by atoms with E-state index in [1.54, 1.807) is 11.0 Å². The van der Waals surface area contributed by atoms with E-state index in [1.165, 1.54) is 13.4 Å². The van der Waals surface area contributed by atoms with Gasteiger partial charge in [0, 0.05) is 20.0 Å². The van der Waals surface area contributed by atoms with E-state index >= 15 is 0 Å². The van der Waals surface area contributed by atoms with Crippen LogP contribution in [0.1, 0.15) is 31.4 Å². The van der Waals surface area contributed by atoms with Crippen LogP contribution >= 0.6 is 12.2 Å². The van der Waals surface area contributed by atoms with Crippen molar-refractivity contribution >= 4 is 23.3 Å². The van der Waals surface area contributed by atoms with Gasteiger partial charge in [-0.25, -0.2) is 9.67 Å². The van der Waals surface area contributed by atoms with E-state index in [1.807, 2.05) is 24.1 Å². The fourth-order valence-electron chi connectivity index (χ4n) is 2.30. The minimum atomic E-state index is -0.207. The molecule has 1 heterocycles. The molecule has 1 atom stereocenters. The lowest BCUT2D eigenvalue weighted by Gasteiger charge is -2.28. The second-order valence-corrected chi connectivity index (χ2v) is 6.02. The molecule has 0 aliphatic heterocycles. The molecule has 0 bridgehead atoms. The van der Waals surface area contributed by atoms with Crippen molar-refractivity contribution in [2.75, 3.05) is 20.7 Å². The van der Waals surface area contributed by atoms with E-state index in [0.29, 0.717) is 24.5 Å². The lowest BCUT2D eigenvalue weighted by molar-refractivity contribution is -0.140. The van der Waals surface area contributed by atoms with E-state index in [4.69, 9.17) is 12.2 Å². The van der Waals surface area contributed by atoms with E-state index in [-0.39, 0.29) is 12.0 Å². The van der Waals surface area contributed by atoms with Crippen LogP contribution in [0.15, 0.2) is 36.9 Å². The van der Waals surface area contributed by atoms with Crippen molar-refractivity contribution in [2.45, 2.75) is 25.8 Å². The van der Waals surface area contributed by atoms with E-state index in [9.17, 15) is 4.79 Å². The van der Waals surface area contributed by atoms with Crippen LogP contribution in [0.3, 0.4) is 0 Å². The molecule has 0 radical (unpaired) electrons. The summed E-state index contributed by atoms with van der Waals surface area (Å²) in [5.74, 6) is -0.207. The maximum absolute atomic E-state index is 11.1. The van der Waals surface area contributed by atoms with Crippen LogP contribution in [-0.4, -0.2) is 51.4 Å². The standard InChI is InChI=1S/C17H23N5O2S/c1-13(21(2)17(25)19-10-4-5-16(23)24-3)14-6-8-15(9-7-14)22-12-18-11-20-22/h6-9,11-13H,4-5,10H2,1-3H3,(H,19,25)/t13-/m0/s1. The number of carbonyl (C=O) groups is 1. The van der Waals surface area contributed by atoms with Crippen molar-refractivity contribution in [3.63, 3.8) is 0 Å². The molecule has 8 heteroatoms. The fraction of sp³-hybridized carbons (Fsp3) is 0.412. The van der Waals surface area contributed by atoms with Crippen LogP contribution in [0.25, 0.3) is 5.69 Å². The van der Waals surface area contributed by atoms with Gasteiger partial charge in [-0.3, -0.25) is 4.79 Å². The van der Waals surface area contributed by atoms with Crippen molar-refractivity contribution in [2.24, 2.45) is 0 Å². The highest BCUT2D eigenvalue weighted by Crippen LogP contribution is 2.20. The van der Waals surface area contributed by atoms with Crippen molar-refractivity contribution in [1.82, 2.24) is 25.0 Å². The second kappa shape index (κ2) is 9.12. The summed E-state index contributed by atoms with van der Waals surface area (Å²) >= 11 is 5.43. The van der Waals surface area contributed by atoms with Gasteiger partial charge in [-0.2, -0.15) is 5.10 Å². The van der Waals surface area contributed by atoms with E-state index < -0.39 is 0 Å². The summed E-state index contributed by atoms with van der Waals surface area (Å²) < 4.78 is 6.33. The smallest absolute Gasteiger partial charge is 0.305 e. The number of hydrogen-bond acceptors (Lipinski definition) is 5. The summed E-state index contributed by atoms with van der Waals surface area (Å²) in [6, 6.07) is 8.23. The SMILES string of the molecule is COC(=O)CCCNC(=S)N(C)[C@@H](C)c1ccc(-n2cncn2)cc1. The third-order valence-corrected chi connectivity index (χ3v) is 4.45. The molecule has 0 aliphatic carbocycles. The summed E-state index contributed by atoms with van der Waals surface area (Å²) in [5.41, 5.74) is 2.10. The normalized spacial score (nSPS) is 11.6. The Kier molecular flexibility index (Phi) is 6.88. The Bertz CT molecular complexity index is 688. The molecule has 0 amide bonds. The second-order valence-electron chi connectivity index (χ2n) is 5.63. The summed E-state index contributed by atoms with van der Waals surface area (Å²) in [5, 5.41) is 7.94. The highest BCUT2D eigenvalue weighted by Gasteiger charge is 2.14. The van der Waals surface area contributed by atoms with Crippen LogP contribution in [0.2, 0.25) is 0 Å². The summed E-state index contributed by atoms with van der Waals surface area (Å²) in [4.78, 5) is 17.0. The zero-order valence-electron chi connectivity index (χ0n) is 14.7. The Labute approximate surface area is 153 Å². The summed E-state index contributed by atoms with van der Waals surface area (Å²) in [7, 11) is 3.34. The molecule has 0 unspecified atom stereocenters. The largest absolute Gasteiger partial charge is 0.469 e. The number of benzene rings is 1. The number of ether oxygens (including phenoxy) is 1. The highest BCUT2D eigenvalue weighted by atomic mass is 32.1. The molecule has 2 aromatic rings. The van der Waals surface area contributed by atoms with Gasteiger partial charge >= 0.3 is 5.97 Å². The minimum Gasteiger partial charge on any atom is -0.469 e. The molecule has 0 saturated carbocycles. The van der Waals surface area contributed by atoms with Gasteiger partial charge in [0.1, 0.15) is 12.7 Å². The molecule has 1 aromatic heterocycles. The van der Waals surface area contributed by atoms with Gasteiger partial charge in [-0.15, -0.1) is 0 Å². The Morgan fingerprint density at radius 1 is 1.40 bits per heavy atom. The number of nitrogens with one attached hydrogen (secondary N) is 1. The first-order valence-corrected chi connectivity index (χ1v) is 8.46. The average Bonchev–Trinajstić information content (AvgIpc) is 3.18. The van der Waals surface area contributed by atoms with Crippen LogP contribution in [0, 0.1) is 0 Å². The Hall–Kier alpha value is -2.48. The highest BCUT2D eigenvalue weighted by molar-refractivity contribution is 7.80. The molecule has 7 nitrogen and oxygen atoms in total. The topological polar surface area (TPSA) is 72.3 Å². The lowest BCUT2D eigenvalue weighted by Crippen LogP contribution is -2.39. The quantitative estimate of drug-likeness (QED) is 0.460. The van der Waals surface area contributed by atoms with Gasteiger partial charge in [0.2, 0.25) is 0 Å². The van der Waals surface area contributed by atoms with Crippen molar-refractivity contribution in [1.29, 1.82) is 0 Å². The van der Waals surface area contributed by atoms with Crippen molar-refractivity contribution in [3.05, 3.63) is 42.5 Å². The first-order chi connectivity index (χ1) is 12.0. The zero-order chi connectivity index (χ0) is 18.2. The van der Waals surface area contributed by atoms with Crippen LogP contribution in [0.4, 0.5) is 0 Å². The molecule has 0 aliphatic rings. The number of thiocarbonyl (C=S) groups is 1. The molecule has 1 N–H and O–H groups in total. The summed E-state index contributed by atoms with van der Waals surface area (Å²) in [6.07, 6.45) is 4.24. The minimum absolute atomic E-state index is 0.116. The molecule has 0 spiro atoms. The van der Waals surface area contributed by atoms with Gasteiger partial charge in [0.15, 0.2) is 5.11 Å². The molecule has 0 fully saturated rings. The van der Waals surface area contributed by atoms with Gasteiger partial charge < -0.3 is 15.0 Å². The Balaban J connectivity index is 1.87. The molecule has 0 saturated heterocycles. The van der Waals surface area contributed by atoms with Crippen molar-refractivity contribution < 1.29 is 9.53 Å². The predicted octanol–water partition coefficient (Wildman–Crippen LogP) is 2.09. The predicted molar refractivity (Wildman–Crippen MR) is 99.4 cm³/mol. The van der Waals surface area contributed by atoms with E-state index in [2.05, 4.69) is 39.2 Å². The van der Waals surface area contributed by atoms with Gasteiger partial charge in [-0.1, -0.05) is 12.1 Å². The van der Waals surface area contributed by atoms with Crippen LogP contribution < -0.4 is 5.32 Å². The molecule has 25 heavy (non-hydrogen) atoms. The Morgan fingerprint density at radius 3 is 2.72 bits per heavy atom. The number of hydrogen-bond donors (Lipinski definition) is 1. The molecule has 1 aromatic carbocycles. The monoisotopic (exact) mass is 361 g/mol. The number of carbonyl (C=O) groups excluding carboxylic acids is 1. The summed E-state index contributed by atoms with van der Waals surface area (Å²) in [6.45, 7) is 2.73. The first-order valence-electron chi connectivity index (χ1n) is 8.05. The number of esters is 1. The molecular formula is C17H23N5O2S. The maximum atomic E-state index is 11.1. The maximum Gasteiger partial charge on any atom is 0.305 e. The zero-order valence-corrected chi connectivity index (χ0v) is 15.5. The van der Waals surface area contributed by atoms with Crippen LogP contribution in [0.5, 0.6) is 0 Å². The molecule has 134 valence electrons. The van der Waals surface area contributed by atoms with E-state index in [0.717, 1.165) is 11.3 Å². The fourth-order valence-corrected chi connectivity index (χ4v) is 2.56. The first kappa shape index (κ1) is 18.9. The van der Waals surface area contributed by atoms with Crippen LogP contribution in [-0.2, 0) is 9.53 Å². The van der Waals surface area contributed by atoms with Gasteiger partial charge in [0.05, 0.1) is 18.8 Å². The molecule has 2 rings (SSSR count). The lowest BCUT2D eigenvalue weighted by atomic mass is 10.1. The van der Waals surface area contributed by atoms with Gasteiger partial charge in [0.25, 0.3) is 0 Å². The number of nitrogens with zero attached hydrogens (tertiary/aromatic N) is 4. The van der Waals surface area contributed by atoms with Crippen molar-refractivity contribution in [3.8, 4) is 5.69 Å². The Morgan fingerprint density at radius 2 is 2.12 bits per heavy atom.